The molecule has 4 rings (SSSR count). The Hall–Kier alpha value is -2.09. The quantitative estimate of drug-likeness (QED) is 0.789. The number of fused-ring (bicyclic) bond motifs is 2. The van der Waals surface area contributed by atoms with Gasteiger partial charge in [-0.3, -0.25) is 0 Å². The van der Waals surface area contributed by atoms with Crippen molar-refractivity contribution in [3.8, 4) is 0 Å². The van der Waals surface area contributed by atoms with Gasteiger partial charge in [0.1, 0.15) is 11.2 Å². The predicted molar refractivity (Wildman–Crippen MR) is 92.9 cm³/mol. The van der Waals surface area contributed by atoms with E-state index in [-0.39, 0.29) is 11.2 Å². The zero-order chi connectivity index (χ0) is 17.8. The van der Waals surface area contributed by atoms with Crippen LogP contribution >= 0.6 is 0 Å². The predicted octanol–water partition coefficient (Wildman–Crippen LogP) is 2.80. The van der Waals surface area contributed by atoms with E-state index in [0.717, 1.165) is 13.1 Å². The van der Waals surface area contributed by atoms with E-state index in [0.29, 0.717) is 40.5 Å². The van der Waals surface area contributed by atoms with Gasteiger partial charge in [-0.15, -0.1) is 0 Å². The van der Waals surface area contributed by atoms with Gasteiger partial charge in [-0.1, -0.05) is 0 Å². The summed E-state index contributed by atoms with van der Waals surface area (Å²) in [5.41, 5.74) is -0.0367. The minimum atomic E-state index is -2.64. The van der Waals surface area contributed by atoms with Gasteiger partial charge in [-0.2, -0.15) is 0 Å². The Morgan fingerprint density at radius 3 is 2.56 bits per heavy atom. The van der Waals surface area contributed by atoms with Crippen molar-refractivity contribution >= 4 is 22.7 Å². The van der Waals surface area contributed by atoms with Crippen LogP contribution in [0.2, 0.25) is 0 Å². The van der Waals surface area contributed by atoms with Gasteiger partial charge in [-0.05, 0) is 38.7 Å². The second-order valence-electron chi connectivity index (χ2n) is 7.86. The number of halogens is 2. The molecular formula is C17H22F2N6. The molecule has 2 aromatic rings. The zero-order valence-electron chi connectivity index (χ0n) is 14.5. The summed E-state index contributed by atoms with van der Waals surface area (Å²) in [5, 5.41) is 10.5. The third-order valence-corrected chi connectivity index (χ3v) is 4.69. The summed E-state index contributed by atoms with van der Waals surface area (Å²) in [7, 11) is 0. The van der Waals surface area contributed by atoms with E-state index in [4.69, 9.17) is 0 Å². The van der Waals surface area contributed by atoms with Crippen LogP contribution in [0.25, 0.3) is 10.9 Å². The number of pyridine rings is 1. The summed E-state index contributed by atoms with van der Waals surface area (Å²) in [4.78, 5) is 13.0. The van der Waals surface area contributed by atoms with Gasteiger partial charge in [0, 0.05) is 36.3 Å². The highest BCUT2D eigenvalue weighted by atomic mass is 19.3. The molecule has 3 atom stereocenters. The molecule has 1 saturated heterocycles. The van der Waals surface area contributed by atoms with Gasteiger partial charge in [0.25, 0.3) is 6.43 Å². The summed E-state index contributed by atoms with van der Waals surface area (Å²) >= 11 is 0. The zero-order valence-corrected chi connectivity index (χ0v) is 14.5. The fourth-order valence-corrected chi connectivity index (χ4v) is 3.47. The summed E-state index contributed by atoms with van der Waals surface area (Å²) in [5.74, 6) is 2.15. The summed E-state index contributed by atoms with van der Waals surface area (Å²) < 4.78 is 26.3. The number of aromatic nitrogens is 3. The smallest absolute Gasteiger partial charge is 0.280 e. The molecule has 1 unspecified atom stereocenters. The van der Waals surface area contributed by atoms with Crippen molar-refractivity contribution in [3.05, 3.63) is 18.0 Å². The highest BCUT2D eigenvalue weighted by molar-refractivity contribution is 5.89. The molecule has 0 bridgehead atoms. The van der Waals surface area contributed by atoms with Crippen LogP contribution in [0.5, 0.6) is 0 Å². The molecule has 0 aromatic carbocycles. The minimum Gasteiger partial charge on any atom is -0.364 e. The van der Waals surface area contributed by atoms with Crippen LogP contribution in [0.1, 0.15) is 32.9 Å². The van der Waals surface area contributed by atoms with Crippen molar-refractivity contribution in [2.75, 3.05) is 23.7 Å². The van der Waals surface area contributed by atoms with Crippen molar-refractivity contribution in [2.45, 2.75) is 38.8 Å². The van der Waals surface area contributed by atoms with Crippen molar-refractivity contribution in [1.82, 2.24) is 20.3 Å². The van der Waals surface area contributed by atoms with Crippen molar-refractivity contribution in [2.24, 2.45) is 11.8 Å². The Labute approximate surface area is 144 Å². The lowest BCUT2D eigenvalue weighted by atomic mass is 10.1. The van der Waals surface area contributed by atoms with Gasteiger partial charge in [0.15, 0.2) is 5.82 Å². The molecule has 6 nitrogen and oxygen atoms in total. The first-order chi connectivity index (χ1) is 11.8. The number of alkyl halides is 2. The van der Waals surface area contributed by atoms with Gasteiger partial charge in [0.05, 0.1) is 0 Å². The molecule has 0 spiro atoms. The van der Waals surface area contributed by atoms with Crippen LogP contribution in [0.3, 0.4) is 0 Å². The SMILES string of the molecule is CC(C)(C)Nc1nc(C(F)F)cc2cnc(NC3[C@H]4CNC[C@@H]34)nc12. The molecule has 25 heavy (non-hydrogen) atoms. The average Bonchev–Trinajstić information content (AvgIpc) is 2.95. The number of rotatable bonds is 4. The second-order valence-corrected chi connectivity index (χ2v) is 7.86. The first-order valence-corrected chi connectivity index (χ1v) is 8.53. The lowest BCUT2D eigenvalue weighted by molar-refractivity contribution is 0.146. The Bertz CT molecular complexity index is 794. The fourth-order valence-electron chi connectivity index (χ4n) is 3.47. The molecule has 134 valence electrons. The number of hydrogen-bond donors (Lipinski definition) is 3. The molecule has 1 aliphatic carbocycles. The van der Waals surface area contributed by atoms with Crippen LogP contribution in [-0.2, 0) is 0 Å². The number of nitrogens with one attached hydrogen (secondary N) is 3. The van der Waals surface area contributed by atoms with Gasteiger partial charge in [-0.25, -0.2) is 23.7 Å². The molecule has 1 aliphatic heterocycles. The number of piperidine rings is 1. The van der Waals surface area contributed by atoms with E-state index in [9.17, 15) is 8.78 Å². The second kappa shape index (κ2) is 5.72. The average molecular weight is 348 g/mol. The van der Waals surface area contributed by atoms with Crippen LogP contribution < -0.4 is 16.0 Å². The van der Waals surface area contributed by atoms with E-state index >= 15 is 0 Å². The lowest BCUT2D eigenvalue weighted by Crippen LogP contribution is -2.27. The summed E-state index contributed by atoms with van der Waals surface area (Å²) in [6.45, 7) is 7.90. The van der Waals surface area contributed by atoms with Gasteiger partial charge < -0.3 is 16.0 Å². The fraction of sp³-hybridized carbons (Fsp3) is 0.588. The van der Waals surface area contributed by atoms with E-state index < -0.39 is 6.43 Å². The van der Waals surface area contributed by atoms with E-state index in [1.165, 1.54) is 6.07 Å². The first-order valence-electron chi connectivity index (χ1n) is 8.53. The maximum Gasteiger partial charge on any atom is 0.280 e. The third kappa shape index (κ3) is 3.22. The summed E-state index contributed by atoms with van der Waals surface area (Å²) in [6.07, 6.45) is -1.05. The standard InChI is InChI=1S/C17H22F2N6/c1-17(2,3)25-15-12-8(4-11(22-15)14(18)19)5-21-16(23-12)24-13-9-6-20-7-10(9)13/h4-5,9-10,13-14,20H,6-7H2,1-3H3,(H,22,25)(H,21,23,24)/t9-,10+,13?. The van der Waals surface area contributed by atoms with E-state index in [2.05, 4.69) is 30.9 Å². The molecule has 1 saturated carbocycles. The van der Waals surface area contributed by atoms with Gasteiger partial charge in [0.2, 0.25) is 5.95 Å². The maximum atomic E-state index is 13.1. The van der Waals surface area contributed by atoms with Crippen LogP contribution in [-0.4, -0.2) is 39.6 Å². The van der Waals surface area contributed by atoms with Crippen molar-refractivity contribution < 1.29 is 8.78 Å². The molecule has 2 aliphatic rings. The molecular weight excluding hydrogens is 326 g/mol. The van der Waals surface area contributed by atoms with E-state index in [1.807, 2.05) is 20.8 Å². The first kappa shape index (κ1) is 16.4. The molecule has 2 aromatic heterocycles. The van der Waals surface area contributed by atoms with Crippen LogP contribution in [0.15, 0.2) is 12.3 Å². The molecule has 0 radical (unpaired) electrons. The molecule has 2 fully saturated rings. The number of nitrogens with zero attached hydrogens (tertiary/aromatic N) is 3. The minimum absolute atomic E-state index is 0.272. The Morgan fingerprint density at radius 1 is 1.20 bits per heavy atom. The molecule has 0 amide bonds. The van der Waals surface area contributed by atoms with Crippen LogP contribution in [0.4, 0.5) is 20.5 Å². The Balaban J connectivity index is 1.69. The van der Waals surface area contributed by atoms with Crippen LogP contribution in [0, 0.1) is 11.8 Å². The molecule has 3 heterocycles. The topological polar surface area (TPSA) is 74.8 Å². The Morgan fingerprint density at radius 2 is 1.92 bits per heavy atom. The normalized spacial score (nSPS) is 25.3. The highest BCUT2D eigenvalue weighted by Gasteiger charge is 2.53. The molecule has 3 N–H and O–H groups in total. The summed E-state index contributed by atoms with van der Waals surface area (Å²) in [6, 6.07) is 1.75. The third-order valence-electron chi connectivity index (χ3n) is 4.69. The number of anilines is 2. The largest absolute Gasteiger partial charge is 0.364 e. The van der Waals surface area contributed by atoms with Crippen molar-refractivity contribution in [1.29, 1.82) is 0 Å². The lowest BCUT2D eigenvalue weighted by Gasteiger charge is -2.22. The Kier molecular flexibility index (Phi) is 3.75. The molecule has 8 heteroatoms. The monoisotopic (exact) mass is 348 g/mol. The van der Waals surface area contributed by atoms with Gasteiger partial charge >= 0.3 is 0 Å². The maximum absolute atomic E-state index is 13.1. The highest BCUT2D eigenvalue weighted by Crippen LogP contribution is 2.43. The number of hydrogen-bond acceptors (Lipinski definition) is 6. The van der Waals surface area contributed by atoms with E-state index in [1.54, 1.807) is 6.20 Å². The van der Waals surface area contributed by atoms with Crippen molar-refractivity contribution in [3.63, 3.8) is 0 Å².